The van der Waals surface area contributed by atoms with Crippen molar-refractivity contribution in [2.75, 3.05) is 5.32 Å². The molecule has 5 heteroatoms. The van der Waals surface area contributed by atoms with Gasteiger partial charge in [0.05, 0.1) is 24.3 Å². The number of carbonyl (C=O) groups excluding carboxylic acids is 1. The van der Waals surface area contributed by atoms with E-state index in [-0.39, 0.29) is 30.2 Å². The smallest absolute Gasteiger partial charge is 0.337 e. The topological polar surface area (TPSA) is 86.6 Å². The molecule has 0 aliphatic heterocycles. The summed E-state index contributed by atoms with van der Waals surface area (Å²) in [5, 5.41) is 23.1. The van der Waals surface area contributed by atoms with Gasteiger partial charge in [0.25, 0.3) is 0 Å². The summed E-state index contributed by atoms with van der Waals surface area (Å²) in [5.74, 6) is -1.37. The number of anilines is 1. The van der Waals surface area contributed by atoms with Gasteiger partial charge in [0.1, 0.15) is 0 Å². The van der Waals surface area contributed by atoms with Crippen molar-refractivity contribution >= 4 is 28.3 Å². The fourth-order valence-electron chi connectivity index (χ4n) is 3.52. The van der Waals surface area contributed by atoms with Crippen LogP contribution >= 0.6 is 0 Å². The predicted octanol–water partition coefficient (Wildman–Crippen LogP) is 4.88. The highest BCUT2D eigenvalue weighted by molar-refractivity contribution is 6.05. The van der Waals surface area contributed by atoms with Crippen LogP contribution in [0.15, 0.2) is 84.9 Å². The average Bonchev–Trinajstić information content (AvgIpc) is 2.79. The molecule has 5 nitrogen and oxygen atoms in total. The summed E-state index contributed by atoms with van der Waals surface area (Å²) in [4.78, 5) is 24.2. The van der Waals surface area contributed by atoms with Crippen LogP contribution in [0.2, 0.25) is 0 Å². The number of aromatic carboxylic acids is 1. The first-order valence-electron chi connectivity index (χ1n) is 9.88. The number of nitrogens with one attached hydrogen (secondary N) is 1. The molecule has 0 unspecified atom stereocenters. The second-order valence-electron chi connectivity index (χ2n) is 7.33. The van der Waals surface area contributed by atoms with Crippen molar-refractivity contribution in [1.29, 1.82) is 0 Å². The van der Waals surface area contributed by atoms with E-state index in [0.717, 1.165) is 33.0 Å². The Morgan fingerprint density at radius 3 is 1.84 bits per heavy atom. The molecule has 0 aliphatic rings. The van der Waals surface area contributed by atoms with Crippen molar-refractivity contribution in [2.24, 2.45) is 0 Å². The molecule has 31 heavy (non-hydrogen) atoms. The highest BCUT2D eigenvalue weighted by Gasteiger charge is 2.14. The Morgan fingerprint density at radius 1 is 0.742 bits per heavy atom. The van der Waals surface area contributed by atoms with E-state index >= 15 is 0 Å². The van der Waals surface area contributed by atoms with Gasteiger partial charge in [0.15, 0.2) is 0 Å². The highest BCUT2D eigenvalue weighted by Crippen LogP contribution is 2.25. The lowest BCUT2D eigenvalue weighted by Gasteiger charge is -2.11. The third-order valence-electron chi connectivity index (χ3n) is 5.18. The highest BCUT2D eigenvalue weighted by atomic mass is 16.4. The quantitative estimate of drug-likeness (QED) is 0.422. The maximum absolute atomic E-state index is 12.6. The lowest BCUT2D eigenvalue weighted by Crippen LogP contribution is -2.16. The molecular weight excluding hydrogens is 390 g/mol. The zero-order valence-electron chi connectivity index (χ0n) is 16.7. The molecule has 0 aromatic heterocycles. The number of aliphatic hydroxyl groups is 1. The number of hydrogen-bond acceptors (Lipinski definition) is 3. The van der Waals surface area contributed by atoms with Crippen LogP contribution in [-0.4, -0.2) is 22.1 Å². The number of fused-ring (bicyclic) bond motifs is 1. The summed E-state index contributed by atoms with van der Waals surface area (Å²) in [5.41, 5.74) is 4.06. The number of aliphatic hydroxyl groups excluding tert-OH is 1. The lowest BCUT2D eigenvalue weighted by molar-refractivity contribution is -0.115. The molecule has 4 aromatic rings. The number of hydrogen-bond donors (Lipinski definition) is 3. The molecule has 4 aromatic carbocycles. The van der Waals surface area contributed by atoms with Crippen molar-refractivity contribution in [3.63, 3.8) is 0 Å². The zero-order valence-corrected chi connectivity index (χ0v) is 16.7. The van der Waals surface area contributed by atoms with Gasteiger partial charge in [-0.15, -0.1) is 0 Å². The summed E-state index contributed by atoms with van der Waals surface area (Å²) in [6, 6.07) is 26.0. The SMILES string of the molecule is O=C(Cc1ccc(-c2ccc(CO)cc2)cc1)Nc1cc2ccccc2cc1C(=O)O. The van der Waals surface area contributed by atoms with Gasteiger partial charge in [0, 0.05) is 0 Å². The van der Waals surface area contributed by atoms with Gasteiger partial charge in [0.2, 0.25) is 5.91 Å². The Hall–Kier alpha value is -3.96. The minimum Gasteiger partial charge on any atom is -0.478 e. The number of carboxylic acids is 1. The number of amides is 1. The third kappa shape index (κ3) is 4.63. The van der Waals surface area contributed by atoms with Gasteiger partial charge < -0.3 is 15.5 Å². The van der Waals surface area contributed by atoms with Gasteiger partial charge in [-0.25, -0.2) is 4.79 Å². The molecule has 4 rings (SSSR count). The molecule has 0 atom stereocenters. The number of carbonyl (C=O) groups is 2. The van der Waals surface area contributed by atoms with Crippen LogP contribution in [-0.2, 0) is 17.8 Å². The number of benzene rings is 4. The molecule has 3 N–H and O–H groups in total. The largest absolute Gasteiger partial charge is 0.478 e. The van der Waals surface area contributed by atoms with Gasteiger partial charge in [-0.3, -0.25) is 4.79 Å². The first-order chi connectivity index (χ1) is 15.0. The Kier molecular flexibility index (Phi) is 5.78. The molecule has 0 aliphatic carbocycles. The predicted molar refractivity (Wildman–Crippen MR) is 121 cm³/mol. The zero-order chi connectivity index (χ0) is 21.8. The van der Waals surface area contributed by atoms with E-state index in [1.165, 1.54) is 0 Å². The molecule has 0 saturated carbocycles. The van der Waals surface area contributed by atoms with E-state index in [9.17, 15) is 14.7 Å². The molecule has 0 saturated heterocycles. The minimum absolute atomic E-state index is 0.00906. The third-order valence-corrected chi connectivity index (χ3v) is 5.18. The molecule has 0 radical (unpaired) electrons. The van der Waals surface area contributed by atoms with Crippen molar-refractivity contribution in [2.45, 2.75) is 13.0 Å². The van der Waals surface area contributed by atoms with Crippen molar-refractivity contribution in [3.8, 4) is 11.1 Å². The Balaban J connectivity index is 1.49. The molecular formula is C26H21NO4. The van der Waals surface area contributed by atoms with Crippen molar-refractivity contribution in [3.05, 3.63) is 102 Å². The van der Waals surface area contributed by atoms with E-state index in [0.29, 0.717) is 0 Å². The number of carboxylic acid groups (broad SMARTS) is 1. The number of rotatable bonds is 6. The Morgan fingerprint density at radius 2 is 1.29 bits per heavy atom. The van der Waals surface area contributed by atoms with Crippen LogP contribution in [0.1, 0.15) is 21.5 Å². The monoisotopic (exact) mass is 411 g/mol. The molecule has 0 fully saturated rings. The molecule has 0 heterocycles. The normalized spacial score (nSPS) is 10.7. The fraction of sp³-hybridized carbons (Fsp3) is 0.0769. The molecule has 1 amide bonds. The minimum atomic E-state index is -1.09. The van der Waals surface area contributed by atoms with Crippen molar-refractivity contribution in [1.82, 2.24) is 0 Å². The summed E-state index contributed by atoms with van der Waals surface area (Å²) < 4.78 is 0. The summed E-state index contributed by atoms with van der Waals surface area (Å²) in [6.07, 6.45) is 0.135. The van der Waals surface area contributed by atoms with Gasteiger partial charge in [-0.1, -0.05) is 72.8 Å². The fourth-order valence-corrected chi connectivity index (χ4v) is 3.52. The summed E-state index contributed by atoms with van der Waals surface area (Å²) >= 11 is 0. The molecule has 0 bridgehead atoms. The lowest BCUT2D eigenvalue weighted by atomic mass is 10.0. The van der Waals surface area contributed by atoms with Crippen LogP contribution in [0.25, 0.3) is 21.9 Å². The average molecular weight is 411 g/mol. The van der Waals surface area contributed by atoms with Crippen LogP contribution in [0.5, 0.6) is 0 Å². The van der Waals surface area contributed by atoms with E-state index < -0.39 is 5.97 Å². The summed E-state index contributed by atoms with van der Waals surface area (Å²) in [7, 11) is 0. The van der Waals surface area contributed by atoms with Crippen LogP contribution in [0.4, 0.5) is 5.69 Å². The van der Waals surface area contributed by atoms with Gasteiger partial charge >= 0.3 is 5.97 Å². The first kappa shape index (κ1) is 20.3. The van der Waals surface area contributed by atoms with Gasteiger partial charge in [-0.2, -0.15) is 0 Å². The van der Waals surface area contributed by atoms with Crippen LogP contribution < -0.4 is 5.32 Å². The standard InChI is InChI=1S/C26H21NO4/c28-16-18-7-11-20(12-8-18)19-9-5-17(6-10-19)13-25(29)27-24-15-22-4-2-1-3-21(22)14-23(24)26(30)31/h1-12,14-15,28H,13,16H2,(H,27,29)(H,30,31). The van der Waals surface area contributed by atoms with Crippen LogP contribution in [0.3, 0.4) is 0 Å². The molecule has 0 spiro atoms. The van der Waals surface area contributed by atoms with Crippen LogP contribution in [0, 0.1) is 0 Å². The Bertz CT molecular complexity index is 1240. The van der Waals surface area contributed by atoms with E-state index in [1.807, 2.05) is 72.8 Å². The Labute approximate surface area is 179 Å². The van der Waals surface area contributed by atoms with Gasteiger partial charge in [-0.05, 0) is 45.2 Å². The molecule has 154 valence electrons. The second kappa shape index (κ2) is 8.81. The summed E-state index contributed by atoms with van der Waals surface area (Å²) in [6.45, 7) is 0.00906. The first-order valence-corrected chi connectivity index (χ1v) is 9.88. The maximum Gasteiger partial charge on any atom is 0.337 e. The van der Waals surface area contributed by atoms with Crippen molar-refractivity contribution < 1.29 is 19.8 Å². The maximum atomic E-state index is 12.6. The van der Waals surface area contributed by atoms with E-state index in [4.69, 9.17) is 5.11 Å². The van der Waals surface area contributed by atoms with E-state index in [2.05, 4.69) is 5.32 Å². The second-order valence-corrected chi connectivity index (χ2v) is 7.33. The van der Waals surface area contributed by atoms with E-state index in [1.54, 1.807) is 12.1 Å².